The maximum atomic E-state index is 12.4. The van der Waals surface area contributed by atoms with Crippen molar-refractivity contribution in [1.29, 1.82) is 0 Å². The van der Waals surface area contributed by atoms with Crippen LogP contribution in [0.25, 0.3) is 5.82 Å². The summed E-state index contributed by atoms with van der Waals surface area (Å²) >= 11 is 0. The predicted molar refractivity (Wildman–Crippen MR) is 94.4 cm³/mol. The fraction of sp³-hybridized carbons (Fsp3) is 0.118. The molecule has 0 radical (unpaired) electrons. The van der Waals surface area contributed by atoms with Crippen molar-refractivity contribution >= 4 is 23.2 Å². The van der Waals surface area contributed by atoms with Gasteiger partial charge in [-0.3, -0.25) is 14.2 Å². The number of nitrogens with zero attached hydrogens (tertiary/aromatic N) is 4. The molecule has 0 saturated carbocycles. The molecule has 0 fully saturated rings. The minimum atomic E-state index is -0.451. The van der Waals surface area contributed by atoms with Crippen molar-refractivity contribution in [2.75, 3.05) is 17.7 Å². The summed E-state index contributed by atoms with van der Waals surface area (Å²) < 4.78 is 6.91. The van der Waals surface area contributed by atoms with Crippen LogP contribution in [0.2, 0.25) is 0 Å². The average Bonchev–Trinajstić information content (AvgIpc) is 3.16. The Balaban J connectivity index is 1.79. The number of ether oxygens (including phenoxy) is 1. The van der Waals surface area contributed by atoms with E-state index in [2.05, 4.69) is 25.8 Å². The number of amides is 2. The Morgan fingerprint density at radius 2 is 1.96 bits per heavy atom. The van der Waals surface area contributed by atoms with Crippen LogP contribution in [-0.4, -0.2) is 38.7 Å². The van der Waals surface area contributed by atoms with Crippen molar-refractivity contribution in [3.05, 3.63) is 54.7 Å². The van der Waals surface area contributed by atoms with Crippen molar-refractivity contribution in [3.8, 4) is 11.6 Å². The molecule has 1 aromatic carbocycles. The Morgan fingerprint density at radius 3 is 2.58 bits per heavy atom. The van der Waals surface area contributed by atoms with Crippen LogP contribution in [0, 0.1) is 0 Å². The van der Waals surface area contributed by atoms with Crippen LogP contribution >= 0.6 is 0 Å². The largest absolute Gasteiger partial charge is 0.495 e. The Morgan fingerprint density at radius 1 is 1.12 bits per heavy atom. The van der Waals surface area contributed by atoms with E-state index in [4.69, 9.17) is 4.74 Å². The first-order valence-electron chi connectivity index (χ1n) is 7.66. The highest BCUT2D eigenvalue weighted by Gasteiger charge is 2.13. The van der Waals surface area contributed by atoms with E-state index in [-0.39, 0.29) is 11.6 Å². The van der Waals surface area contributed by atoms with Crippen molar-refractivity contribution in [2.24, 2.45) is 0 Å². The third-order valence-electron chi connectivity index (χ3n) is 3.42. The van der Waals surface area contributed by atoms with E-state index in [1.54, 1.807) is 53.6 Å². The van der Waals surface area contributed by atoms with Gasteiger partial charge < -0.3 is 15.4 Å². The number of anilines is 2. The van der Waals surface area contributed by atoms with Gasteiger partial charge in [0.05, 0.1) is 12.8 Å². The molecule has 0 aliphatic heterocycles. The molecule has 0 bridgehead atoms. The van der Waals surface area contributed by atoms with E-state index in [9.17, 15) is 9.59 Å². The van der Waals surface area contributed by atoms with Gasteiger partial charge in [0.2, 0.25) is 5.91 Å². The Labute approximate surface area is 149 Å². The predicted octanol–water partition coefficient (Wildman–Crippen LogP) is 1.88. The SMILES string of the molecule is COc1ccc(NC(C)=O)cc1NC(=O)c1ccc(-n2ccnc2)nn1. The maximum absolute atomic E-state index is 12.4. The maximum Gasteiger partial charge on any atom is 0.276 e. The van der Waals surface area contributed by atoms with Gasteiger partial charge in [-0.25, -0.2) is 4.98 Å². The lowest BCUT2D eigenvalue weighted by molar-refractivity contribution is -0.114. The van der Waals surface area contributed by atoms with Crippen LogP contribution in [-0.2, 0) is 4.79 Å². The number of nitrogens with one attached hydrogen (secondary N) is 2. The molecule has 0 unspecified atom stereocenters. The number of carbonyl (C=O) groups is 2. The van der Waals surface area contributed by atoms with E-state index in [1.807, 2.05) is 0 Å². The molecular formula is C17H16N6O3. The molecule has 0 saturated heterocycles. The van der Waals surface area contributed by atoms with Gasteiger partial charge in [-0.2, -0.15) is 0 Å². The van der Waals surface area contributed by atoms with E-state index >= 15 is 0 Å². The molecule has 0 atom stereocenters. The van der Waals surface area contributed by atoms with Gasteiger partial charge in [0.25, 0.3) is 5.91 Å². The van der Waals surface area contributed by atoms with Crippen LogP contribution in [0.5, 0.6) is 5.75 Å². The minimum absolute atomic E-state index is 0.140. The van der Waals surface area contributed by atoms with Crippen LogP contribution < -0.4 is 15.4 Å². The summed E-state index contributed by atoms with van der Waals surface area (Å²) in [6.45, 7) is 1.40. The van der Waals surface area contributed by atoms with Crippen molar-refractivity contribution in [2.45, 2.75) is 6.92 Å². The molecule has 9 heteroatoms. The number of hydrogen-bond acceptors (Lipinski definition) is 6. The smallest absolute Gasteiger partial charge is 0.276 e. The summed E-state index contributed by atoms with van der Waals surface area (Å²) in [5, 5.41) is 13.3. The zero-order chi connectivity index (χ0) is 18.5. The number of hydrogen-bond donors (Lipinski definition) is 2. The second-order valence-electron chi connectivity index (χ2n) is 5.30. The van der Waals surface area contributed by atoms with E-state index in [0.29, 0.717) is 22.9 Å². The van der Waals surface area contributed by atoms with Gasteiger partial charge in [0, 0.05) is 25.0 Å². The van der Waals surface area contributed by atoms with Crippen molar-refractivity contribution in [3.63, 3.8) is 0 Å². The standard InChI is InChI=1S/C17H16N6O3/c1-11(24)19-12-3-5-15(26-2)14(9-12)20-17(25)13-4-6-16(22-21-13)23-8-7-18-10-23/h3-10H,1-2H3,(H,19,24)(H,20,25). The molecule has 2 heterocycles. The first-order chi connectivity index (χ1) is 12.6. The first-order valence-corrected chi connectivity index (χ1v) is 7.66. The Kier molecular flexibility index (Phi) is 4.88. The molecule has 3 aromatic rings. The minimum Gasteiger partial charge on any atom is -0.495 e. The summed E-state index contributed by atoms with van der Waals surface area (Å²) in [6, 6.07) is 8.14. The fourth-order valence-electron chi connectivity index (χ4n) is 2.25. The van der Waals surface area contributed by atoms with E-state index in [1.165, 1.54) is 14.0 Å². The summed E-state index contributed by atoms with van der Waals surface area (Å²) in [6.07, 6.45) is 4.93. The number of carbonyl (C=O) groups excluding carboxylic acids is 2. The molecule has 0 aliphatic rings. The molecule has 0 spiro atoms. The lowest BCUT2D eigenvalue weighted by Gasteiger charge is -2.12. The molecule has 0 aliphatic carbocycles. The van der Waals surface area contributed by atoms with Gasteiger partial charge >= 0.3 is 0 Å². The van der Waals surface area contributed by atoms with Gasteiger partial charge in [-0.05, 0) is 30.3 Å². The third kappa shape index (κ3) is 3.83. The van der Waals surface area contributed by atoms with Crippen LogP contribution in [0.15, 0.2) is 49.1 Å². The van der Waals surface area contributed by atoms with Crippen LogP contribution in [0.3, 0.4) is 0 Å². The molecule has 2 N–H and O–H groups in total. The third-order valence-corrected chi connectivity index (χ3v) is 3.42. The van der Waals surface area contributed by atoms with E-state index in [0.717, 1.165) is 0 Å². The molecule has 2 aromatic heterocycles. The number of methoxy groups -OCH3 is 1. The zero-order valence-electron chi connectivity index (χ0n) is 14.1. The summed E-state index contributed by atoms with van der Waals surface area (Å²) in [4.78, 5) is 27.6. The lowest BCUT2D eigenvalue weighted by atomic mass is 10.2. The fourth-order valence-corrected chi connectivity index (χ4v) is 2.25. The summed E-state index contributed by atoms with van der Waals surface area (Å²) in [5.74, 6) is 0.334. The lowest BCUT2D eigenvalue weighted by Crippen LogP contribution is -2.16. The number of benzene rings is 1. The Hall–Kier alpha value is -3.75. The second-order valence-corrected chi connectivity index (χ2v) is 5.30. The number of aromatic nitrogens is 4. The quantitative estimate of drug-likeness (QED) is 0.725. The normalized spacial score (nSPS) is 10.2. The second kappa shape index (κ2) is 7.43. The number of rotatable bonds is 5. The molecule has 3 rings (SSSR count). The molecule has 9 nitrogen and oxygen atoms in total. The summed E-state index contributed by atoms with van der Waals surface area (Å²) in [7, 11) is 1.49. The average molecular weight is 352 g/mol. The zero-order valence-corrected chi connectivity index (χ0v) is 14.1. The monoisotopic (exact) mass is 352 g/mol. The highest BCUT2D eigenvalue weighted by molar-refractivity contribution is 6.04. The highest BCUT2D eigenvalue weighted by Crippen LogP contribution is 2.28. The van der Waals surface area contributed by atoms with Crippen molar-refractivity contribution in [1.82, 2.24) is 19.7 Å². The van der Waals surface area contributed by atoms with Crippen LogP contribution in [0.4, 0.5) is 11.4 Å². The topological polar surface area (TPSA) is 111 Å². The number of imidazole rings is 1. The highest BCUT2D eigenvalue weighted by atomic mass is 16.5. The first kappa shape index (κ1) is 17.1. The van der Waals surface area contributed by atoms with Crippen LogP contribution in [0.1, 0.15) is 17.4 Å². The molecule has 132 valence electrons. The Bertz CT molecular complexity index is 922. The van der Waals surface area contributed by atoms with Crippen molar-refractivity contribution < 1.29 is 14.3 Å². The van der Waals surface area contributed by atoms with Gasteiger partial charge in [0.1, 0.15) is 12.1 Å². The van der Waals surface area contributed by atoms with Gasteiger partial charge in [0.15, 0.2) is 11.5 Å². The molecule has 26 heavy (non-hydrogen) atoms. The van der Waals surface area contributed by atoms with Gasteiger partial charge in [-0.1, -0.05) is 0 Å². The van der Waals surface area contributed by atoms with E-state index < -0.39 is 5.91 Å². The summed E-state index contributed by atoms with van der Waals surface area (Å²) in [5.41, 5.74) is 1.08. The molecular weight excluding hydrogens is 336 g/mol. The molecule has 2 amide bonds. The van der Waals surface area contributed by atoms with Gasteiger partial charge in [-0.15, -0.1) is 10.2 Å².